The van der Waals surface area contributed by atoms with Crippen LogP contribution >= 0.6 is 0 Å². The van der Waals surface area contributed by atoms with Crippen molar-refractivity contribution in [2.24, 2.45) is 7.05 Å². The minimum absolute atomic E-state index is 0.0452. The zero-order valence-electron chi connectivity index (χ0n) is 15.1. The first kappa shape index (κ1) is 16.6. The van der Waals surface area contributed by atoms with Gasteiger partial charge in [0.1, 0.15) is 5.82 Å². The number of nitrogens with one attached hydrogen (secondary N) is 1. The van der Waals surface area contributed by atoms with Gasteiger partial charge in [-0.1, -0.05) is 18.2 Å². The molecule has 1 aliphatic rings. The van der Waals surface area contributed by atoms with Gasteiger partial charge in [0.25, 0.3) is 5.91 Å². The molecule has 0 bridgehead atoms. The zero-order valence-corrected chi connectivity index (χ0v) is 15.1. The van der Waals surface area contributed by atoms with Gasteiger partial charge in [0, 0.05) is 37.8 Å². The van der Waals surface area contributed by atoms with Crippen LogP contribution < -0.4 is 10.2 Å². The van der Waals surface area contributed by atoms with Crippen molar-refractivity contribution in [1.82, 2.24) is 20.1 Å². The third kappa shape index (κ3) is 3.27. The van der Waals surface area contributed by atoms with Crippen molar-refractivity contribution in [3.8, 4) is 0 Å². The van der Waals surface area contributed by atoms with Crippen LogP contribution in [0, 0.1) is 6.92 Å². The smallest absolute Gasteiger partial charge is 0.254 e. The number of aryl methyl sites for hydroxylation is 2. The molecule has 1 aliphatic heterocycles. The van der Waals surface area contributed by atoms with Gasteiger partial charge in [-0.3, -0.25) is 9.48 Å². The van der Waals surface area contributed by atoms with Gasteiger partial charge >= 0.3 is 0 Å². The van der Waals surface area contributed by atoms with Crippen LogP contribution in [0.4, 0.5) is 5.82 Å². The molecule has 1 fully saturated rings. The molecule has 26 heavy (non-hydrogen) atoms. The number of hydrogen-bond donors (Lipinski definition) is 1. The van der Waals surface area contributed by atoms with Gasteiger partial charge in [0.05, 0.1) is 17.3 Å². The predicted octanol–water partition coefficient (Wildman–Crippen LogP) is 2.68. The predicted molar refractivity (Wildman–Crippen MR) is 102 cm³/mol. The van der Waals surface area contributed by atoms with Crippen molar-refractivity contribution < 1.29 is 4.79 Å². The summed E-state index contributed by atoms with van der Waals surface area (Å²) in [7, 11) is 1.81. The van der Waals surface area contributed by atoms with Crippen molar-refractivity contribution >= 4 is 22.6 Å². The van der Waals surface area contributed by atoms with Crippen molar-refractivity contribution in [3.63, 3.8) is 0 Å². The Bertz CT molecular complexity index is 940. The molecular formula is C20H23N5O. The van der Waals surface area contributed by atoms with Crippen molar-refractivity contribution in [2.75, 3.05) is 18.0 Å². The van der Waals surface area contributed by atoms with E-state index in [1.54, 1.807) is 17.1 Å². The number of amides is 1. The number of carbonyl (C=O) groups is 1. The van der Waals surface area contributed by atoms with Gasteiger partial charge in [0.2, 0.25) is 0 Å². The number of aromatic nitrogens is 3. The second-order valence-corrected chi connectivity index (χ2v) is 6.95. The number of rotatable bonds is 3. The molecule has 134 valence electrons. The number of carbonyl (C=O) groups excluding carboxylic acids is 1. The van der Waals surface area contributed by atoms with Gasteiger partial charge in [-0.15, -0.1) is 0 Å². The lowest BCUT2D eigenvalue weighted by atomic mass is 10.0. The van der Waals surface area contributed by atoms with E-state index < -0.39 is 0 Å². The van der Waals surface area contributed by atoms with Gasteiger partial charge in [-0.05, 0) is 37.5 Å². The first-order chi connectivity index (χ1) is 12.6. The number of benzene rings is 1. The molecule has 2 aromatic heterocycles. The number of pyridine rings is 1. The number of anilines is 1. The molecule has 1 amide bonds. The number of piperidine rings is 1. The molecule has 0 aliphatic carbocycles. The summed E-state index contributed by atoms with van der Waals surface area (Å²) >= 11 is 0. The van der Waals surface area contributed by atoms with Crippen LogP contribution in [0.3, 0.4) is 0 Å². The van der Waals surface area contributed by atoms with E-state index in [0.29, 0.717) is 5.56 Å². The molecular weight excluding hydrogens is 326 g/mol. The maximum atomic E-state index is 12.3. The Balaban J connectivity index is 1.41. The van der Waals surface area contributed by atoms with Crippen molar-refractivity contribution in [1.29, 1.82) is 0 Å². The second-order valence-electron chi connectivity index (χ2n) is 6.95. The molecule has 0 atom stereocenters. The summed E-state index contributed by atoms with van der Waals surface area (Å²) in [6, 6.07) is 10.6. The van der Waals surface area contributed by atoms with Gasteiger partial charge in [-0.25, -0.2) is 4.98 Å². The summed E-state index contributed by atoms with van der Waals surface area (Å²) in [4.78, 5) is 19.4. The Morgan fingerprint density at radius 1 is 1.23 bits per heavy atom. The van der Waals surface area contributed by atoms with E-state index in [0.717, 1.165) is 37.3 Å². The SMILES string of the molecule is Cc1cc(N2CCC(NC(=O)c3cnn(C)c3)CC2)nc2ccccc12. The fourth-order valence-corrected chi connectivity index (χ4v) is 3.55. The van der Waals surface area contributed by atoms with Gasteiger partial charge in [0.15, 0.2) is 0 Å². The van der Waals surface area contributed by atoms with Crippen LogP contribution in [-0.2, 0) is 7.05 Å². The normalized spacial score (nSPS) is 15.4. The minimum Gasteiger partial charge on any atom is -0.356 e. The average molecular weight is 349 g/mol. The van der Waals surface area contributed by atoms with Crippen LogP contribution in [0.2, 0.25) is 0 Å². The molecule has 4 rings (SSSR count). The molecule has 1 aromatic carbocycles. The van der Waals surface area contributed by atoms with Crippen LogP contribution in [-0.4, -0.2) is 39.8 Å². The highest BCUT2D eigenvalue weighted by Crippen LogP contribution is 2.24. The Morgan fingerprint density at radius 2 is 2.00 bits per heavy atom. The standard InChI is InChI=1S/C20H23N5O/c1-14-11-19(23-18-6-4-3-5-17(14)18)25-9-7-16(8-10-25)22-20(26)15-12-21-24(2)13-15/h3-6,11-13,16H,7-10H2,1-2H3,(H,22,26). The highest BCUT2D eigenvalue weighted by Gasteiger charge is 2.22. The lowest BCUT2D eigenvalue weighted by Gasteiger charge is -2.33. The van der Waals surface area contributed by atoms with E-state index in [1.165, 1.54) is 10.9 Å². The van der Waals surface area contributed by atoms with Crippen molar-refractivity contribution in [2.45, 2.75) is 25.8 Å². The molecule has 3 heterocycles. The second kappa shape index (κ2) is 6.78. The monoisotopic (exact) mass is 349 g/mol. The maximum absolute atomic E-state index is 12.3. The van der Waals surface area contributed by atoms with E-state index in [4.69, 9.17) is 4.98 Å². The van der Waals surface area contributed by atoms with Crippen molar-refractivity contribution in [3.05, 3.63) is 53.9 Å². The molecule has 1 N–H and O–H groups in total. The summed E-state index contributed by atoms with van der Waals surface area (Å²) in [5.41, 5.74) is 2.90. The summed E-state index contributed by atoms with van der Waals surface area (Å²) in [5.74, 6) is 0.981. The zero-order chi connectivity index (χ0) is 18.1. The van der Waals surface area contributed by atoms with Gasteiger partial charge < -0.3 is 10.2 Å². The minimum atomic E-state index is -0.0452. The number of fused-ring (bicyclic) bond motifs is 1. The van der Waals surface area contributed by atoms with E-state index in [9.17, 15) is 4.79 Å². The third-order valence-electron chi connectivity index (χ3n) is 5.03. The van der Waals surface area contributed by atoms with E-state index in [2.05, 4.69) is 40.4 Å². The van der Waals surface area contributed by atoms with Gasteiger partial charge in [-0.2, -0.15) is 5.10 Å². The molecule has 0 radical (unpaired) electrons. The highest BCUT2D eigenvalue weighted by molar-refractivity contribution is 5.93. The van der Waals surface area contributed by atoms with Crippen LogP contribution in [0.25, 0.3) is 10.9 Å². The molecule has 6 nitrogen and oxygen atoms in total. The van der Waals surface area contributed by atoms with Crippen LogP contribution in [0.1, 0.15) is 28.8 Å². The molecule has 0 unspecified atom stereocenters. The summed E-state index contributed by atoms with van der Waals surface area (Å²) < 4.78 is 1.64. The summed E-state index contributed by atoms with van der Waals surface area (Å²) in [6.07, 6.45) is 5.18. The fraction of sp³-hybridized carbons (Fsp3) is 0.350. The fourth-order valence-electron chi connectivity index (χ4n) is 3.55. The topological polar surface area (TPSA) is 63.1 Å². The lowest BCUT2D eigenvalue weighted by Crippen LogP contribution is -2.44. The van der Waals surface area contributed by atoms with Crippen LogP contribution in [0.5, 0.6) is 0 Å². The van der Waals surface area contributed by atoms with E-state index >= 15 is 0 Å². The number of para-hydroxylation sites is 1. The Morgan fingerprint density at radius 3 is 2.73 bits per heavy atom. The average Bonchev–Trinajstić information content (AvgIpc) is 3.09. The molecule has 0 saturated carbocycles. The largest absolute Gasteiger partial charge is 0.356 e. The number of nitrogens with zero attached hydrogens (tertiary/aromatic N) is 4. The molecule has 6 heteroatoms. The Hall–Kier alpha value is -2.89. The molecule has 0 spiro atoms. The Kier molecular flexibility index (Phi) is 4.32. The van der Waals surface area contributed by atoms with Crippen LogP contribution in [0.15, 0.2) is 42.7 Å². The quantitative estimate of drug-likeness (QED) is 0.790. The molecule has 3 aromatic rings. The maximum Gasteiger partial charge on any atom is 0.254 e. The van der Waals surface area contributed by atoms with E-state index in [1.807, 2.05) is 19.2 Å². The lowest BCUT2D eigenvalue weighted by molar-refractivity contribution is 0.0931. The first-order valence-corrected chi connectivity index (χ1v) is 9.01. The highest BCUT2D eigenvalue weighted by atomic mass is 16.1. The Labute approximate surface area is 152 Å². The third-order valence-corrected chi connectivity index (χ3v) is 5.03. The number of hydrogen-bond acceptors (Lipinski definition) is 4. The molecule has 1 saturated heterocycles. The summed E-state index contributed by atoms with van der Waals surface area (Å²) in [6.45, 7) is 3.92. The summed E-state index contributed by atoms with van der Waals surface area (Å²) in [5, 5.41) is 8.38. The first-order valence-electron chi connectivity index (χ1n) is 9.01. The van der Waals surface area contributed by atoms with E-state index in [-0.39, 0.29) is 11.9 Å².